The smallest absolute Gasteiger partial charge is 0.318 e. The van der Waals surface area contributed by atoms with Crippen molar-refractivity contribution in [2.75, 3.05) is 6.54 Å². The number of aromatic nitrogens is 3. The molecule has 2 aliphatic rings. The molecular formula is C21H29N5O. The third-order valence-corrected chi connectivity index (χ3v) is 5.89. The first-order valence-corrected chi connectivity index (χ1v) is 10.2. The predicted molar refractivity (Wildman–Crippen MR) is 104 cm³/mol. The Kier molecular flexibility index (Phi) is 5.41. The van der Waals surface area contributed by atoms with E-state index >= 15 is 0 Å². The Labute approximate surface area is 161 Å². The van der Waals surface area contributed by atoms with Crippen LogP contribution in [-0.2, 0) is 6.54 Å². The lowest BCUT2D eigenvalue weighted by atomic mass is 9.96. The molecule has 2 amide bonds. The van der Waals surface area contributed by atoms with E-state index < -0.39 is 0 Å². The third kappa shape index (κ3) is 3.99. The van der Waals surface area contributed by atoms with Crippen LogP contribution in [-0.4, -0.2) is 38.1 Å². The number of hydrogen-bond donors (Lipinski definition) is 1. The molecule has 1 saturated carbocycles. The molecule has 27 heavy (non-hydrogen) atoms. The highest BCUT2D eigenvalue weighted by molar-refractivity contribution is 5.75. The summed E-state index contributed by atoms with van der Waals surface area (Å²) in [5, 5.41) is 3.28. The summed E-state index contributed by atoms with van der Waals surface area (Å²) in [7, 11) is 0. The molecule has 2 aromatic rings. The summed E-state index contributed by atoms with van der Waals surface area (Å²) in [5.74, 6) is 0.993. The van der Waals surface area contributed by atoms with Gasteiger partial charge < -0.3 is 14.8 Å². The monoisotopic (exact) mass is 367 g/mol. The number of aryl methyl sites for hydroxylation is 1. The highest BCUT2D eigenvalue weighted by atomic mass is 16.2. The van der Waals surface area contributed by atoms with E-state index in [4.69, 9.17) is 4.98 Å². The summed E-state index contributed by atoms with van der Waals surface area (Å²) in [6.07, 6.45) is 13.6. The predicted octanol–water partition coefficient (Wildman–Crippen LogP) is 3.81. The first-order chi connectivity index (χ1) is 13.2. The third-order valence-electron chi connectivity index (χ3n) is 5.89. The summed E-state index contributed by atoms with van der Waals surface area (Å²) in [4.78, 5) is 23.9. The van der Waals surface area contributed by atoms with Crippen molar-refractivity contribution in [3.05, 3.63) is 47.8 Å². The van der Waals surface area contributed by atoms with Gasteiger partial charge in [0.2, 0.25) is 0 Å². The zero-order chi connectivity index (χ0) is 18.6. The number of carbonyl (C=O) groups is 1. The van der Waals surface area contributed by atoms with Crippen LogP contribution in [0.4, 0.5) is 4.79 Å². The van der Waals surface area contributed by atoms with Crippen LogP contribution < -0.4 is 5.32 Å². The normalized spacial score (nSPS) is 20.8. The van der Waals surface area contributed by atoms with Gasteiger partial charge in [-0.05, 0) is 44.2 Å². The second-order valence-corrected chi connectivity index (χ2v) is 7.84. The van der Waals surface area contributed by atoms with E-state index in [1.54, 1.807) is 6.20 Å². The number of rotatable bonds is 4. The van der Waals surface area contributed by atoms with Crippen LogP contribution >= 0.6 is 0 Å². The van der Waals surface area contributed by atoms with Gasteiger partial charge in [0.25, 0.3) is 0 Å². The maximum Gasteiger partial charge on any atom is 0.318 e. The van der Waals surface area contributed by atoms with Crippen LogP contribution in [0, 0.1) is 6.92 Å². The number of likely N-dealkylation sites (tertiary alicyclic amines) is 1. The molecule has 0 bridgehead atoms. The molecule has 144 valence electrons. The van der Waals surface area contributed by atoms with Crippen molar-refractivity contribution < 1.29 is 4.79 Å². The van der Waals surface area contributed by atoms with E-state index in [9.17, 15) is 4.79 Å². The van der Waals surface area contributed by atoms with Crippen molar-refractivity contribution in [1.82, 2.24) is 24.8 Å². The Bertz CT molecular complexity index is 766. The average molecular weight is 367 g/mol. The first kappa shape index (κ1) is 18.0. The van der Waals surface area contributed by atoms with E-state index in [1.807, 2.05) is 23.4 Å². The zero-order valence-corrected chi connectivity index (χ0v) is 16.1. The summed E-state index contributed by atoms with van der Waals surface area (Å²) in [6.45, 7) is 3.62. The summed E-state index contributed by atoms with van der Waals surface area (Å²) in [6, 6.07) is 4.51. The molecule has 2 aromatic heterocycles. The molecule has 0 spiro atoms. The number of imidazole rings is 1. The van der Waals surface area contributed by atoms with Crippen LogP contribution in [0.5, 0.6) is 0 Å². The van der Waals surface area contributed by atoms with E-state index in [2.05, 4.69) is 27.9 Å². The lowest BCUT2D eigenvalue weighted by Gasteiger charge is -2.29. The van der Waals surface area contributed by atoms with E-state index in [0.717, 1.165) is 55.9 Å². The van der Waals surface area contributed by atoms with Crippen molar-refractivity contribution in [2.45, 2.75) is 70.5 Å². The van der Waals surface area contributed by atoms with Crippen LogP contribution in [0.25, 0.3) is 0 Å². The number of hydrogen-bond acceptors (Lipinski definition) is 3. The fourth-order valence-corrected chi connectivity index (χ4v) is 4.41. The van der Waals surface area contributed by atoms with E-state index in [-0.39, 0.29) is 12.1 Å². The average Bonchev–Trinajstić information content (AvgIpc) is 3.31. The molecule has 6 nitrogen and oxygen atoms in total. The molecule has 1 aliphatic carbocycles. The number of pyridine rings is 1. The minimum atomic E-state index is 0.0546. The topological polar surface area (TPSA) is 63.1 Å². The zero-order valence-electron chi connectivity index (χ0n) is 16.1. The Balaban J connectivity index is 1.51. The van der Waals surface area contributed by atoms with E-state index in [0.29, 0.717) is 6.04 Å². The van der Waals surface area contributed by atoms with Crippen LogP contribution in [0.1, 0.15) is 68.1 Å². The Morgan fingerprint density at radius 3 is 2.81 bits per heavy atom. The SMILES string of the molecule is Cc1cnc(C2CCCN2C(=O)NC2CCCCC2)n1Cc1cccnc1. The standard InChI is InChI=1S/C21H29N5O/c1-16-13-23-20(26(16)15-17-7-5-11-22-14-17)19-10-6-12-25(19)21(27)24-18-8-3-2-4-9-18/h5,7,11,13-14,18-19H,2-4,6,8-10,12,15H2,1H3,(H,24,27). The second kappa shape index (κ2) is 8.11. The molecule has 6 heteroatoms. The number of carbonyl (C=O) groups excluding carboxylic acids is 1. The van der Waals surface area contributed by atoms with Gasteiger partial charge in [-0.2, -0.15) is 0 Å². The summed E-state index contributed by atoms with van der Waals surface area (Å²) >= 11 is 0. The van der Waals surface area contributed by atoms with Crippen molar-refractivity contribution in [2.24, 2.45) is 0 Å². The molecule has 1 saturated heterocycles. The van der Waals surface area contributed by atoms with Gasteiger partial charge in [-0.25, -0.2) is 9.78 Å². The maximum absolute atomic E-state index is 12.9. The molecular weight excluding hydrogens is 338 g/mol. The van der Waals surface area contributed by atoms with Crippen molar-refractivity contribution >= 4 is 6.03 Å². The number of nitrogens with one attached hydrogen (secondary N) is 1. The van der Waals surface area contributed by atoms with Gasteiger partial charge in [0, 0.05) is 36.9 Å². The van der Waals surface area contributed by atoms with Crippen LogP contribution in [0.2, 0.25) is 0 Å². The van der Waals surface area contributed by atoms with Gasteiger partial charge in [0.05, 0.1) is 12.6 Å². The molecule has 0 radical (unpaired) electrons. The molecule has 1 atom stereocenters. The Hall–Kier alpha value is -2.37. The largest absolute Gasteiger partial charge is 0.335 e. The molecule has 4 rings (SSSR count). The number of urea groups is 1. The van der Waals surface area contributed by atoms with Gasteiger partial charge in [-0.15, -0.1) is 0 Å². The second-order valence-electron chi connectivity index (χ2n) is 7.84. The quantitative estimate of drug-likeness (QED) is 0.894. The van der Waals surface area contributed by atoms with Crippen molar-refractivity contribution in [3.8, 4) is 0 Å². The fourth-order valence-electron chi connectivity index (χ4n) is 4.41. The highest BCUT2D eigenvalue weighted by Gasteiger charge is 2.34. The lowest BCUT2D eigenvalue weighted by molar-refractivity contribution is 0.182. The van der Waals surface area contributed by atoms with Crippen molar-refractivity contribution in [1.29, 1.82) is 0 Å². The minimum absolute atomic E-state index is 0.0546. The van der Waals surface area contributed by atoms with Gasteiger partial charge in [0.1, 0.15) is 5.82 Å². The van der Waals surface area contributed by atoms with Gasteiger partial charge in [0.15, 0.2) is 0 Å². The fraction of sp³-hybridized carbons (Fsp3) is 0.571. The Morgan fingerprint density at radius 1 is 1.19 bits per heavy atom. The van der Waals surface area contributed by atoms with Crippen LogP contribution in [0.15, 0.2) is 30.7 Å². The van der Waals surface area contributed by atoms with Gasteiger partial charge in [-0.1, -0.05) is 25.3 Å². The number of amides is 2. The van der Waals surface area contributed by atoms with Gasteiger partial charge >= 0.3 is 6.03 Å². The minimum Gasteiger partial charge on any atom is -0.335 e. The first-order valence-electron chi connectivity index (χ1n) is 10.2. The van der Waals surface area contributed by atoms with Crippen molar-refractivity contribution in [3.63, 3.8) is 0 Å². The van der Waals surface area contributed by atoms with Crippen LogP contribution in [0.3, 0.4) is 0 Å². The summed E-state index contributed by atoms with van der Waals surface area (Å²) < 4.78 is 2.23. The summed E-state index contributed by atoms with van der Waals surface area (Å²) in [5.41, 5.74) is 2.27. The molecule has 1 unspecified atom stereocenters. The lowest BCUT2D eigenvalue weighted by Crippen LogP contribution is -2.45. The molecule has 3 heterocycles. The van der Waals surface area contributed by atoms with E-state index in [1.165, 1.54) is 19.3 Å². The maximum atomic E-state index is 12.9. The molecule has 2 fully saturated rings. The Morgan fingerprint density at radius 2 is 2.04 bits per heavy atom. The molecule has 1 aliphatic heterocycles. The number of nitrogens with zero attached hydrogens (tertiary/aromatic N) is 4. The van der Waals surface area contributed by atoms with Gasteiger partial charge in [-0.3, -0.25) is 4.98 Å². The molecule has 0 aromatic carbocycles. The highest BCUT2D eigenvalue weighted by Crippen LogP contribution is 2.32. The molecule has 1 N–H and O–H groups in total.